The highest BCUT2D eigenvalue weighted by atomic mass is 79.9. The summed E-state index contributed by atoms with van der Waals surface area (Å²) in [5, 5.41) is 7.47. The molecule has 0 aliphatic rings. The van der Waals surface area contributed by atoms with E-state index in [1.165, 1.54) is 6.07 Å². The van der Waals surface area contributed by atoms with E-state index in [9.17, 15) is 4.39 Å². The first-order valence-electron chi connectivity index (χ1n) is 6.12. The summed E-state index contributed by atoms with van der Waals surface area (Å²) in [7, 11) is 0. The van der Waals surface area contributed by atoms with E-state index in [0.717, 1.165) is 15.7 Å². The van der Waals surface area contributed by atoms with Gasteiger partial charge in [0.15, 0.2) is 5.82 Å². The molecule has 0 saturated carbocycles. The lowest BCUT2D eigenvalue weighted by Gasteiger charge is -2.08. The molecule has 0 bridgehead atoms. The van der Waals surface area contributed by atoms with Gasteiger partial charge in [-0.25, -0.2) is 13.9 Å². The first-order valence-corrected chi connectivity index (χ1v) is 6.91. The van der Waals surface area contributed by atoms with E-state index in [0.29, 0.717) is 17.9 Å². The van der Waals surface area contributed by atoms with Crippen LogP contribution in [0.25, 0.3) is 5.52 Å². The lowest BCUT2D eigenvalue weighted by molar-refractivity contribution is 0.612. The molecule has 0 spiro atoms. The topological polar surface area (TPSA) is 42.2 Å². The Morgan fingerprint density at radius 2 is 2.20 bits per heavy atom. The van der Waals surface area contributed by atoms with Crippen molar-refractivity contribution >= 4 is 27.3 Å². The van der Waals surface area contributed by atoms with Crippen molar-refractivity contribution in [3.63, 3.8) is 0 Å². The molecular weight excluding hydrogens is 323 g/mol. The van der Waals surface area contributed by atoms with E-state index in [1.807, 2.05) is 13.0 Å². The van der Waals surface area contributed by atoms with Crippen molar-refractivity contribution < 1.29 is 4.39 Å². The summed E-state index contributed by atoms with van der Waals surface area (Å²) in [5.41, 5.74) is 2.37. The van der Waals surface area contributed by atoms with Gasteiger partial charge in [0, 0.05) is 29.0 Å². The van der Waals surface area contributed by atoms with Gasteiger partial charge in [0.25, 0.3) is 0 Å². The van der Waals surface area contributed by atoms with Gasteiger partial charge in [0.1, 0.15) is 11.3 Å². The Labute approximate surface area is 123 Å². The Morgan fingerprint density at radius 1 is 1.35 bits per heavy atom. The molecule has 6 heteroatoms. The minimum absolute atomic E-state index is 0.239. The van der Waals surface area contributed by atoms with Crippen molar-refractivity contribution in [2.45, 2.75) is 13.5 Å². The third-order valence-corrected chi connectivity index (χ3v) is 3.46. The van der Waals surface area contributed by atoms with Crippen molar-refractivity contribution in [2.24, 2.45) is 0 Å². The molecule has 0 aliphatic heterocycles. The second-order valence-corrected chi connectivity index (χ2v) is 5.40. The predicted molar refractivity (Wildman–Crippen MR) is 79.2 cm³/mol. The van der Waals surface area contributed by atoms with Gasteiger partial charge in [0.2, 0.25) is 0 Å². The number of anilines is 1. The number of nitrogens with zero attached hydrogens (tertiary/aromatic N) is 3. The van der Waals surface area contributed by atoms with Crippen molar-refractivity contribution in [2.75, 3.05) is 5.32 Å². The fourth-order valence-electron chi connectivity index (χ4n) is 2.04. The SMILES string of the molecule is Cc1cc2c(NCc3cc(Br)ccc3F)nccn2n1. The highest BCUT2D eigenvalue weighted by Gasteiger charge is 2.07. The Kier molecular flexibility index (Phi) is 3.40. The summed E-state index contributed by atoms with van der Waals surface area (Å²) < 4.78 is 16.3. The van der Waals surface area contributed by atoms with Crippen molar-refractivity contribution in [3.05, 3.63) is 58.2 Å². The number of rotatable bonds is 3. The predicted octanol–water partition coefficient (Wildman–Crippen LogP) is 3.55. The van der Waals surface area contributed by atoms with Crippen LogP contribution >= 0.6 is 15.9 Å². The maximum absolute atomic E-state index is 13.7. The van der Waals surface area contributed by atoms with Crippen LogP contribution in [0.1, 0.15) is 11.3 Å². The number of aryl methyl sites for hydroxylation is 1. The maximum atomic E-state index is 13.7. The maximum Gasteiger partial charge on any atom is 0.152 e. The monoisotopic (exact) mass is 334 g/mol. The number of aromatic nitrogens is 3. The van der Waals surface area contributed by atoms with E-state index in [-0.39, 0.29) is 5.82 Å². The third-order valence-electron chi connectivity index (χ3n) is 2.97. The normalized spacial score (nSPS) is 10.9. The molecule has 0 amide bonds. The summed E-state index contributed by atoms with van der Waals surface area (Å²) in [6.45, 7) is 2.28. The largest absolute Gasteiger partial charge is 0.364 e. The lowest BCUT2D eigenvalue weighted by Crippen LogP contribution is -2.05. The van der Waals surface area contributed by atoms with Gasteiger partial charge in [-0.15, -0.1) is 0 Å². The zero-order chi connectivity index (χ0) is 14.1. The molecule has 1 aromatic carbocycles. The van der Waals surface area contributed by atoms with Gasteiger partial charge in [0.05, 0.1) is 5.69 Å². The van der Waals surface area contributed by atoms with Crippen LogP contribution in [0.3, 0.4) is 0 Å². The van der Waals surface area contributed by atoms with E-state index >= 15 is 0 Å². The van der Waals surface area contributed by atoms with Crippen LogP contribution in [0, 0.1) is 12.7 Å². The molecule has 0 atom stereocenters. The molecular formula is C14H12BrFN4. The standard InChI is InChI=1S/C14H12BrFN4/c1-9-6-13-14(17-4-5-20(13)19-9)18-8-10-7-11(15)2-3-12(10)16/h2-7H,8H2,1H3,(H,17,18). The van der Waals surface area contributed by atoms with Gasteiger partial charge in [-0.1, -0.05) is 15.9 Å². The number of hydrogen-bond donors (Lipinski definition) is 1. The zero-order valence-electron chi connectivity index (χ0n) is 10.8. The summed E-state index contributed by atoms with van der Waals surface area (Å²) in [6.07, 6.45) is 3.45. The summed E-state index contributed by atoms with van der Waals surface area (Å²) in [5.74, 6) is 0.449. The summed E-state index contributed by atoms with van der Waals surface area (Å²) in [4.78, 5) is 4.28. The molecule has 1 N–H and O–H groups in total. The minimum Gasteiger partial charge on any atom is -0.364 e. The number of benzene rings is 1. The number of fused-ring (bicyclic) bond motifs is 1. The molecule has 2 aromatic heterocycles. The Morgan fingerprint density at radius 3 is 3.05 bits per heavy atom. The molecule has 0 fully saturated rings. The summed E-state index contributed by atoms with van der Waals surface area (Å²) >= 11 is 3.34. The highest BCUT2D eigenvalue weighted by molar-refractivity contribution is 9.10. The molecule has 2 heterocycles. The van der Waals surface area contributed by atoms with Gasteiger partial charge < -0.3 is 5.32 Å². The van der Waals surface area contributed by atoms with Crippen LogP contribution in [0.4, 0.5) is 10.2 Å². The van der Waals surface area contributed by atoms with Gasteiger partial charge in [-0.05, 0) is 31.2 Å². The lowest BCUT2D eigenvalue weighted by atomic mass is 10.2. The highest BCUT2D eigenvalue weighted by Crippen LogP contribution is 2.19. The van der Waals surface area contributed by atoms with Crippen molar-refractivity contribution in [3.8, 4) is 0 Å². The average Bonchev–Trinajstić information content (AvgIpc) is 2.80. The van der Waals surface area contributed by atoms with Crippen LogP contribution < -0.4 is 5.32 Å². The number of hydrogen-bond acceptors (Lipinski definition) is 3. The molecule has 102 valence electrons. The molecule has 0 saturated heterocycles. The van der Waals surface area contributed by atoms with Crippen LogP contribution in [0.2, 0.25) is 0 Å². The van der Waals surface area contributed by atoms with Crippen molar-refractivity contribution in [1.29, 1.82) is 0 Å². The van der Waals surface area contributed by atoms with E-state index in [2.05, 4.69) is 31.3 Å². The Bertz CT molecular complexity index is 769. The molecule has 3 rings (SSSR count). The zero-order valence-corrected chi connectivity index (χ0v) is 12.4. The quantitative estimate of drug-likeness (QED) is 0.796. The first kappa shape index (κ1) is 13.1. The van der Waals surface area contributed by atoms with Crippen molar-refractivity contribution in [1.82, 2.24) is 14.6 Å². The fourth-order valence-corrected chi connectivity index (χ4v) is 2.45. The average molecular weight is 335 g/mol. The van der Waals surface area contributed by atoms with Crippen LogP contribution in [-0.2, 0) is 6.54 Å². The smallest absolute Gasteiger partial charge is 0.152 e. The Balaban J connectivity index is 1.88. The van der Waals surface area contributed by atoms with Crippen LogP contribution in [-0.4, -0.2) is 14.6 Å². The molecule has 0 unspecified atom stereocenters. The van der Waals surface area contributed by atoms with E-state index in [1.54, 1.807) is 29.0 Å². The minimum atomic E-state index is -0.239. The van der Waals surface area contributed by atoms with Crippen LogP contribution in [0.15, 0.2) is 41.1 Å². The first-order chi connectivity index (χ1) is 9.63. The summed E-state index contributed by atoms with van der Waals surface area (Å²) in [6, 6.07) is 6.81. The Hall–Kier alpha value is -1.95. The molecule has 20 heavy (non-hydrogen) atoms. The van der Waals surface area contributed by atoms with Gasteiger partial charge in [-0.3, -0.25) is 0 Å². The van der Waals surface area contributed by atoms with Crippen LogP contribution in [0.5, 0.6) is 0 Å². The second-order valence-electron chi connectivity index (χ2n) is 4.48. The molecule has 3 aromatic rings. The second kappa shape index (κ2) is 5.20. The number of halogens is 2. The van der Waals surface area contributed by atoms with E-state index < -0.39 is 0 Å². The van der Waals surface area contributed by atoms with Gasteiger partial charge >= 0.3 is 0 Å². The third kappa shape index (κ3) is 2.51. The fraction of sp³-hybridized carbons (Fsp3) is 0.143. The van der Waals surface area contributed by atoms with Gasteiger partial charge in [-0.2, -0.15) is 5.10 Å². The molecule has 0 radical (unpaired) electrons. The molecule has 4 nitrogen and oxygen atoms in total. The molecule has 0 aliphatic carbocycles. The van der Waals surface area contributed by atoms with E-state index in [4.69, 9.17) is 0 Å². The number of nitrogens with one attached hydrogen (secondary N) is 1.